The molecule has 0 aliphatic heterocycles. The van der Waals surface area contributed by atoms with E-state index in [4.69, 9.17) is 0 Å². The quantitative estimate of drug-likeness (QED) is 0.824. The standard InChI is InChI=1S/C16H22OTe/c1-15(2)12-8-9-16(15,14(17)10-12)11-18-13-6-4-3-5-7-13/h3-7,12,14,17H,8-11H2,1-2H3. The Morgan fingerprint density at radius 1 is 1.28 bits per heavy atom. The van der Waals surface area contributed by atoms with Gasteiger partial charge in [-0.3, -0.25) is 0 Å². The van der Waals surface area contributed by atoms with Crippen LogP contribution in [0.1, 0.15) is 33.1 Å². The van der Waals surface area contributed by atoms with Crippen molar-refractivity contribution in [3.63, 3.8) is 0 Å². The normalized spacial score (nSPS) is 37.1. The van der Waals surface area contributed by atoms with Crippen molar-refractivity contribution in [3.8, 4) is 0 Å². The summed E-state index contributed by atoms with van der Waals surface area (Å²) < 4.78 is 2.81. The molecule has 3 unspecified atom stereocenters. The molecule has 1 nitrogen and oxygen atoms in total. The Morgan fingerprint density at radius 2 is 2.00 bits per heavy atom. The summed E-state index contributed by atoms with van der Waals surface area (Å²) in [5.74, 6) is 0.760. The Kier molecular flexibility index (Phi) is 3.25. The SMILES string of the molecule is CC1(C)C2CCC1(C[Te]c1ccccc1)C(O)C2. The molecule has 18 heavy (non-hydrogen) atoms. The van der Waals surface area contributed by atoms with Gasteiger partial charge < -0.3 is 0 Å². The average molecular weight is 358 g/mol. The fourth-order valence-corrected chi connectivity index (χ4v) is 8.34. The van der Waals surface area contributed by atoms with Gasteiger partial charge in [-0.1, -0.05) is 0 Å². The zero-order valence-corrected chi connectivity index (χ0v) is 13.6. The Morgan fingerprint density at radius 3 is 2.56 bits per heavy atom. The molecule has 2 heteroatoms. The molecule has 2 fully saturated rings. The number of aliphatic hydroxyl groups is 1. The van der Waals surface area contributed by atoms with Crippen LogP contribution in [0.25, 0.3) is 0 Å². The third kappa shape index (κ3) is 1.77. The average Bonchev–Trinajstić information content (AvgIpc) is 2.72. The van der Waals surface area contributed by atoms with Crippen LogP contribution in [0.2, 0.25) is 4.47 Å². The van der Waals surface area contributed by atoms with Crippen molar-refractivity contribution in [3.05, 3.63) is 30.3 Å². The summed E-state index contributed by atoms with van der Waals surface area (Å²) in [4.78, 5) is 0. The second-order valence-electron chi connectivity index (χ2n) is 6.47. The van der Waals surface area contributed by atoms with E-state index < -0.39 is 0 Å². The Bertz CT molecular complexity index is 428. The number of hydrogen-bond donors (Lipinski definition) is 1. The number of hydrogen-bond acceptors (Lipinski definition) is 1. The third-order valence-electron chi connectivity index (χ3n) is 5.63. The molecule has 0 saturated heterocycles. The second-order valence-corrected chi connectivity index (χ2v) is 9.46. The summed E-state index contributed by atoms with van der Waals surface area (Å²) in [6.07, 6.45) is 3.60. The van der Waals surface area contributed by atoms with E-state index >= 15 is 0 Å². The van der Waals surface area contributed by atoms with Crippen molar-refractivity contribution < 1.29 is 5.11 Å². The molecule has 3 atom stereocenters. The van der Waals surface area contributed by atoms with E-state index in [-0.39, 0.29) is 32.4 Å². The fourth-order valence-electron chi connectivity index (χ4n) is 4.11. The molecule has 2 bridgehead atoms. The number of benzene rings is 1. The molecule has 1 N–H and O–H groups in total. The van der Waals surface area contributed by atoms with E-state index in [0.29, 0.717) is 5.41 Å². The van der Waals surface area contributed by atoms with Gasteiger partial charge in [0.2, 0.25) is 0 Å². The molecule has 2 aliphatic carbocycles. The summed E-state index contributed by atoms with van der Waals surface area (Å²) in [5.41, 5.74) is 0.585. The number of fused-ring (bicyclic) bond motifs is 2. The third-order valence-corrected chi connectivity index (χ3v) is 9.24. The van der Waals surface area contributed by atoms with Crippen molar-refractivity contribution in [1.29, 1.82) is 0 Å². The monoisotopic (exact) mass is 360 g/mol. The predicted molar refractivity (Wildman–Crippen MR) is 76.2 cm³/mol. The van der Waals surface area contributed by atoms with Crippen LogP contribution in [0.4, 0.5) is 0 Å². The van der Waals surface area contributed by atoms with Crippen LogP contribution in [0.15, 0.2) is 30.3 Å². The van der Waals surface area contributed by atoms with Gasteiger partial charge >= 0.3 is 120 Å². The molecule has 0 spiro atoms. The van der Waals surface area contributed by atoms with Crippen molar-refractivity contribution in [1.82, 2.24) is 0 Å². The predicted octanol–water partition coefficient (Wildman–Crippen LogP) is 2.62. The summed E-state index contributed by atoms with van der Waals surface area (Å²) in [7, 11) is 0. The molecule has 98 valence electrons. The zero-order valence-electron chi connectivity index (χ0n) is 11.2. The first-order chi connectivity index (χ1) is 8.56. The first-order valence-corrected chi connectivity index (χ1v) is 9.73. The van der Waals surface area contributed by atoms with Gasteiger partial charge in [0.05, 0.1) is 0 Å². The second kappa shape index (κ2) is 4.51. The van der Waals surface area contributed by atoms with Gasteiger partial charge in [-0.2, -0.15) is 0 Å². The molecule has 2 saturated carbocycles. The van der Waals surface area contributed by atoms with Crippen molar-refractivity contribution >= 4 is 24.5 Å². The molecule has 1 aromatic rings. The molecule has 0 heterocycles. The van der Waals surface area contributed by atoms with Gasteiger partial charge in [-0.25, -0.2) is 0 Å². The van der Waals surface area contributed by atoms with Gasteiger partial charge in [0.15, 0.2) is 0 Å². The molecule has 0 radical (unpaired) electrons. The van der Waals surface area contributed by atoms with Crippen molar-refractivity contribution in [2.45, 2.75) is 43.7 Å². The summed E-state index contributed by atoms with van der Waals surface area (Å²) in [5, 5.41) is 10.5. The van der Waals surface area contributed by atoms with E-state index in [2.05, 4.69) is 44.2 Å². The first kappa shape index (κ1) is 13.0. The topological polar surface area (TPSA) is 20.2 Å². The molecule has 0 aromatic heterocycles. The van der Waals surface area contributed by atoms with Crippen molar-refractivity contribution in [2.24, 2.45) is 16.7 Å². The van der Waals surface area contributed by atoms with Crippen LogP contribution in [-0.4, -0.2) is 32.1 Å². The molecule has 3 rings (SSSR count). The maximum atomic E-state index is 10.5. The first-order valence-electron chi connectivity index (χ1n) is 6.92. The molecular formula is C16H22OTe. The van der Waals surface area contributed by atoms with Crippen molar-refractivity contribution in [2.75, 3.05) is 0 Å². The van der Waals surface area contributed by atoms with E-state index in [1.807, 2.05) is 0 Å². The van der Waals surface area contributed by atoms with Gasteiger partial charge in [0.1, 0.15) is 0 Å². The van der Waals surface area contributed by atoms with Crippen LogP contribution in [0, 0.1) is 16.7 Å². The van der Waals surface area contributed by atoms with E-state index in [9.17, 15) is 5.11 Å². The molecule has 0 amide bonds. The van der Waals surface area contributed by atoms with Crippen LogP contribution in [0.3, 0.4) is 0 Å². The minimum absolute atomic E-state index is 0.0416. The molecule has 2 aliphatic rings. The summed E-state index contributed by atoms with van der Waals surface area (Å²) in [6, 6.07) is 10.9. The minimum atomic E-state index is -0.156. The Hall–Kier alpha value is -0.0304. The van der Waals surface area contributed by atoms with E-state index in [1.165, 1.54) is 20.9 Å². The van der Waals surface area contributed by atoms with Crippen LogP contribution in [-0.2, 0) is 0 Å². The van der Waals surface area contributed by atoms with Crippen LogP contribution >= 0.6 is 0 Å². The van der Waals surface area contributed by atoms with E-state index in [1.54, 1.807) is 0 Å². The van der Waals surface area contributed by atoms with E-state index in [0.717, 1.165) is 12.3 Å². The van der Waals surface area contributed by atoms with Gasteiger partial charge in [0, 0.05) is 0 Å². The summed E-state index contributed by atoms with van der Waals surface area (Å²) >= 11 is -0.156. The van der Waals surface area contributed by atoms with Gasteiger partial charge in [-0.15, -0.1) is 0 Å². The molecule has 1 aromatic carbocycles. The van der Waals surface area contributed by atoms with Gasteiger partial charge in [-0.05, 0) is 0 Å². The number of rotatable bonds is 3. The maximum absolute atomic E-state index is 10.5. The Balaban J connectivity index is 1.79. The Labute approximate surface area is 120 Å². The molecular weight excluding hydrogens is 336 g/mol. The zero-order chi connectivity index (χ0) is 12.8. The van der Waals surface area contributed by atoms with Gasteiger partial charge in [0.25, 0.3) is 0 Å². The fraction of sp³-hybridized carbons (Fsp3) is 0.625. The summed E-state index contributed by atoms with van der Waals surface area (Å²) in [6.45, 7) is 4.80. The number of aliphatic hydroxyl groups excluding tert-OH is 1. The van der Waals surface area contributed by atoms with Crippen LogP contribution in [0.5, 0.6) is 0 Å². The van der Waals surface area contributed by atoms with Crippen LogP contribution < -0.4 is 3.61 Å².